The molecule has 0 saturated heterocycles. The molecule has 72 valence electrons. The van der Waals surface area contributed by atoms with Crippen LogP contribution in [0.2, 0.25) is 0 Å². The molecule has 0 aromatic heterocycles. The Morgan fingerprint density at radius 3 is 2.38 bits per heavy atom. The molecule has 0 bridgehead atoms. The highest BCUT2D eigenvalue weighted by Gasteiger charge is 2.04. The SMILES string of the molecule is C=C(C)CN(C)C(=O)/C=C/C(=O)O. The highest BCUT2D eigenvalue weighted by atomic mass is 16.4. The topological polar surface area (TPSA) is 57.6 Å². The molecule has 0 unspecified atom stereocenters. The van der Waals surface area contributed by atoms with Crippen molar-refractivity contribution in [3.05, 3.63) is 24.3 Å². The highest BCUT2D eigenvalue weighted by Crippen LogP contribution is 1.93. The van der Waals surface area contributed by atoms with Gasteiger partial charge in [-0.25, -0.2) is 4.79 Å². The number of carboxylic acid groups (broad SMARTS) is 1. The van der Waals surface area contributed by atoms with Gasteiger partial charge in [-0.2, -0.15) is 0 Å². The molecule has 0 spiro atoms. The van der Waals surface area contributed by atoms with E-state index in [-0.39, 0.29) is 5.91 Å². The Bertz CT molecular complexity index is 256. The standard InChI is InChI=1S/C9H13NO3/c1-7(2)6-10(3)8(11)4-5-9(12)13/h4-5H,1,6H2,2-3H3,(H,12,13)/b5-4+. The summed E-state index contributed by atoms with van der Waals surface area (Å²) in [4.78, 5) is 22.6. The third kappa shape index (κ3) is 5.66. The highest BCUT2D eigenvalue weighted by molar-refractivity contribution is 5.93. The molecule has 4 heteroatoms. The Morgan fingerprint density at radius 2 is 2.00 bits per heavy atom. The summed E-state index contributed by atoms with van der Waals surface area (Å²) in [6, 6.07) is 0. The Labute approximate surface area is 77.2 Å². The maximum absolute atomic E-state index is 11.1. The second kappa shape index (κ2) is 5.13. The first kappa shape index (κ1) is 11.4. The van der Waals surface area contributed by atoms with Gasteiger partial charge >= 0.3 is 5.97 Å². The van der Waals surface area contributed by atoms with Crippen molar-refractivity contribution in [3.8, 4) is 0 Å². The average molecular weight is 183 g/mol. The van der Waals surface area contributed by atoms with Gasteiger partial charge in [-0.3, -0.25) is 4.79 Å². The molecule has 0 rings (SSSR count). The fourth-order valence-electron chi connectivity index (χ4n) is 0.753. The zero-order valence-electron chi connectivity index (χ0n) is 7.78. The first-order chi connectivity index (χ1) is 5.93. The normalized spacial score (nSPS) is 10.0. The van der Waals surface area contributed by atoms with Crippen LogP contribution in [0.3, 0.4) is 0 Å². The fraction of sp³-hybridized carbons (Fsp3) is 0.333. The van der Waals surface area contributed by atoms with Crippen molar-refractivity contribution < 1.29 is 14.7 Å². The fourth-order valence-corrected chi connectivity index (χ4v) is 0.753. The van der Waals surface area contributed by atoms with E-state index in [0.29, 0.717) is 6.54 Å². The van der Waals surface area contributed by atoms with Gasteiger partial charge in [-0.15, -0.1) is 0 Å². The van der Waals surface area contributed by atoms with Gasteiger partial charge in [0.2, 0.25) is 5.91 Å². The zero-order valence-corrected chi connectivity index (χ0v) is 7.78. The van der Waals surface area contributed by atoms with Crippen molar-refractivity contribution in [2.24, 2.45) is 0 Å². The Balaban J connectivity index is 4.11. The molecule has 0 saturated carbocycles. The first-order valence-electron chi connectivity index (χ1n) is 3.74. The number of amides is 1. The minimum Gasteiger partial charge on any atom is -0.478 e. The Hall–Kier alpha value is -1.58. The van der Waals surface area contributed by atoms with E-state index in [1.807, 2.05) is 0 Å². The van der Waals surface area contributed by atoms with Crippen molar-refractivity contribution in [2.45, 2.75) is 6.92 Å². The second-order valence-electron chi connectivity index (χ2n) is 2.82. The summed E-state index contributed by atoms with van der Waals surface area (Å²) < 4.78 is 0. The van der Waals surface area contributed by atoms with Crippen LogP contribution in [0, 0.1) is 0 Å². The maximum atomic E-state index is 11.1. The molecular formula is C9H13NO3. The van der Waals surface area contributed by atoms with Gasteiger partial charge in [-0.05, 0) is 6.92 Å². The summed E-state index contributed by atoms with van der Waals surface area (Å²) in [7, 11) is 1.59. The maximum Gasteiger partial charge on any atom is 0.328 e. The predicted octanol–water partition coefficient (Wildman–Crippen LogP) is 0.662. The van der Waals surface area contributed by atoms with E-state index in [4.69, 9.17) is 5.11 Å². The molecule has 0 atom stereocenters. The van der Waals surface area contributed by atoms with Crippen LogP contribution in [-0.4, -0.2) is 35.5 Å². The molecule has 0 aliphatic rings. The van der Waals surface area contributed by atoms with Crippen molar-refractivity contribution in [1.29, 1.82) is 0 Å². The summed E-state index contributed by atoms with van der Waals surface area (Å²) in [5, 5.41) is 8.25. The molecule has 4 nitrogen and oxygen atoms in total. The molecule has 1 N–H and O–H groups in total. The van der Waals surface area contributed by atoms with Crippen molar-refractivity contribution >= 4 is 11.9 Å². The smallest absolute Gasteiger partial charge is 0.328 e. The number of nitrogens with zero attached hydrogens (tertiary/aromatic N) is 1. The van der Waals surface area contributed by atoms with Crippen LogP contribution in [0.25, 0.3) is 0 Å². The third-order valence-corrected chi connectivity index (χ3v) is 1.25. The molecule has 0 aliphatic heterocycles. The van der Waals surface area contributed by atoms with E-state index in [1.165, 1.54) is 4.90 Å². The molecule has 1 amide bonds. The molecule has 0 aromatic rings. The van der Waals surface area contributed by atoms with Crippen molar-refractivity contribution in [2.75, 3.05) is 13.6 Å². The summed E-state index contributed by atoms with van der Waals surface area (Å²) >= 11 is 0. The van der Waals surface area contributed by atoms with Crippen molar-refractivity contribution in [1.82, 2.24) is 4.90 Å². The zero-order chi connectivity index (χ0) is 10.4. The molecule has 0 radical (unpaired) electrons. The van der Waals surface area contributed by atoms with Crippen LogP contribution >= 0.6 is 0 Å². The largest absolute Gasteiger partial charge is 0.478 e. The second-order valence-corrected chi connectivity index (χ2v) is 2.82. The first-order valence-corrected chi connectivity index (χ1v) is 3.74. The van der Waals surface area contributed by atoms with Crippen LogP contribution in [0.5, 0.6) is 0 Å². The van der Waals surface area contributed by atoms with Gasteiger partial charge in [0.05, 0.1) is 0 Å². The Morgan fingerprint density at radius 1 is 1.46 bits per heavy atom. The summed E-state index contributed by atoms with van der Waals surface area (Å²) in [6.07, 6.45) is 1.84. The number of carboxylic acids is 1. The van der Waals surface area contributed by atoms with E-state index in [2.05, 4.69) is 6.58 Å². The molecule has 0 heterocycles. The monoisotopic (exact) mass is 183 g/mol. The van der Waals surface area contributed by atoms with Crippen LogP contribution < -0.4 is 0 Å². The number of aliphatic carboxylic acids is 1. The van der Waals surface area contributed by atoms with E-state index in [1.54, 1.807) is 14.0 Å². The van der Waals surface area contributed by atoms with E-state index in [0.717, 1.165) is 17.7 Å². The van der Waals surface area contributed by atoms with Crippen molar-refractivity contribution in [3.63, 3.8) is 0 Å². The minimum atomic E-state index is -1.13. The van der Waals surface area contributed by atoms with E-state index < -0.39 is 5.97 Å². The van der Waals surface area contributed by atoms with Gasteiger partial charge in [0, 0.05) is 25.7 Å². The number of rotatable bonds is 4. The number of carbonyl (C=O) groups is 2. The van der Waals surface area contributed by atoms with E-state index in [9.17, 15) is 9.59 Å². The van der Waals surface area contributed by atoms with Gasteiger partial charge in [0.1, 0.15) is 0 Å². The number of carbonyl (C=O) groups excluding carboxylic acids is 1. The third-order valence-electron chi connectivity index (χ3n) is 1.25. The predicted molar refractivity (Wildman–Crippen MR) is 49.2 cm³/mol. The quantitative estimate of drug-likeness (QED) is 0.514. The molecule has 0 fully saturated rings. The van der Waals surface area contributed by atoms with Gasteiger partial charge in [-0.1, -0.05) is 12.2 Å². The van der Waals surface area contributed by atoms with Crippen LogP contribution in [0.4, 0.5) is 0 Å². The molecule has 0 aliphatic carbocycles. The Kier molecular flexibility index (Phi) is 4.51. The summed E-state index contributed by atoms with van der Waals surface area (Å²) in [5.74, 6) is -1.47. The number of likely N-dealkylation sites (N-methyl/N-ethyl adjacent to an activating group) is 1. The minimum absolute atomic E-state index is 0.342. The lowest BCUT2D eigenvalue weighted by molar-refractivity contribution is -0.132. The number of hydrogen-bond donors (Lipinski definition) is 1. The van der Waals surface area contributed by atoms with E-state index >= 15 is 0 Å². The van der Waals surface area contributed by atoms with Gasteiger partial charge in [0.15, 0.2) is 0 Å². The lowest BCUT2D eigenvalue weighted by Crippen LogP contribution is -2.26. The average Bonchev–Trinajstić information content (AvgIpc) is 1.98. The van der Waals surface area contributed by atoms with Crippen LogP contribution in [0.1, 0.15) is 6.92 Å². The van der Waals surface area contributed by atoms with Crippen LogP contribution in [0.15, 0.2) is 24.3 Å². The lowest BCUT2D eigenvalue weighted by Gasteiger charge is -2.14. The lowest BCUT2D eigenvalue weighted by atomic mass is 10.3. The molecular weight excluding hydrogens is 170 g/mol. The van der Waals surface area contributed by atoms with Crippen LogP contribution in [-0.2, 0) is 9.59 Å². The summed E-state index contributed by atoms with van der Waals surface area (Å²) in [5.41, 5.74) is 0.847. The molecule has 0 aromatic carbocycles. The van der Waals surface area contributed by atoms with Gasteiger partial charge < -0.3 is 10.0 Å². The van der Waals surface area contributed by atoms with Gasteiger partial charge in [0.25, 0.3) is 0 Å². The number of hydrogen-bond acceptors (Lipinski definition) is 2. The summed E-state index contributed by atoms with van der Waals surface area (Å²) in [6.45, 7) is 5.87. The molecule has 13 heavy (non-hydrogen) atoms.